The average Bonchev–Trinajstić information content (AvgIpc) is 2.73. The lowest BCUT2D eigenvalue weighted by Gasteiger charge is -2.35. The third-order valence-electron chi connectivity index (χ3n) is 4.22. The molecule has 28 heavy (non-hydrogen) atoms. The second-order valence-electron chi connectivity index (χ2n) is 6.16. The highest BCUT2D eigenvalue weighted by Crippen LogP contribution is 2.26. The van der Waals surface area contributed by atoms with Crippen molar-refractivity contribution in [1.29, 1.82) is 0 Å². The Balaban J connectivity index is 2.01. The molecule has 10 heteroatoms. The van der Waals surface area contributed by atoms with Crippen LogP contribution in [0.4, 0.5) is 5.69 Å². The number of ether oxygens (including phenoxy) is 1. The van der Waals surface area contributed by atoms with Gasteiger partial charge in [0, 0.05) is 49.1 Å². The van der Waals surface area contributed by atoms with Crippen molar-refractivity contribution in [1.82, 2.24) is 9.80 Å². The van der Waals surface area contributed by atoms with E-state index in [1.54, 1.807) is 34.9 Å². The van der Waals surface area contributed by atoms with Crippen LogP contribution in [0.5, 0.6) is 5.75 Å². The van der Waals surface area contributed by atoms with Gasteiger partial charge in [-0.1, -0.05) is 30.8 Å². The number of amides is 2. The molecule has 1 aromatic carbocycles. The number of nitrogens with one attached hydrogen (secondary N) is 1. The molecule has 1 aromatic rings. The lowest BCUT2D eigenvalue weighted by Crippen LogP contribution is -2.51. The number of nitrogens with zero attached hydrogens (tertiary/aromatic N) is 2. The second kappa shape index (κ2) is 11.1. The van der Waals surface area contributed by atoms with Crippen molar-refractivity contribution in [2.75, 3.05) is 43.8 Å². The molecule has 0 saturated carbocycles. The van der Waals surface area contributed by atoms with Crippen LogP contribution in [0.2, 0.25) is 0 Å². The van der Waals surface area contributed by atoms with Crippen molar-refractivity contribution in [2.45, 2.75) is 13.3 Å². The summed E-state index contributed by atoms with van der Waals surface area (Å²) in [5, 5.41) is 6.73. The van der Waals surface area contributed by atoms with Crippen LogP contribution < -0.4 is 20.3 Å². The molecule has 8 nitrogen and oxygen atoms in total. The van der Waals surface area contributed by atoms with Gasteiger partial charge < -0.3 is 25.0 Å². The summed E-state index contributed by atoms with van der Waals surface area (Å²) in [4.78, 5) is 28.5. The highest BCUT2D eigenvalue weighted by molar-refractivity contribution is 8.00. The van der Waals surface area contributed by atoms with Gasteiger partial charge in [0.05, 0.1) is 12.7 Å². The zero-order valence-electron chi connectivity index (χ0n) is 16.1. The van der Waals surface area contributed by atoms with E-state index in [-0.39, 0.29) is 17.5 Å². The van der Waals surface area contributed by atoms with Crippen molar-refractivity contribution >= 4 is 41.4 Å². The van der Waals surface area contributed by atoms with E-state index in [1.165, 1.54) is 5.41 Å². The van der Waals surface area contributed by atoms with Gasteiger partial charge in [-0.05, 0) is 18.6 Å². The van der Waals surface area contributed by atoms with Crippen LogP contribution in [0.3, 0.4) is 0 Å². The molecule has 0 radical (unpaired) electrons. The highest BCUT2D eigenvalue weighted by Gasteiger charge is 2.27. The fourth-order valence-electron chi connectivity index (χ4n) is 2.76. The van der Waals surface area contributed by atoms with Crippen molar-refractivity contribution in [3.05, 3.63) is 34.9 Å². The van der Waals surface area contributed by atoms with Crippen molar-refractivity contribution in [3.8, 4) is 5.75 Å². The molecule has 154 valence electrons. The molecule has 1 aliphatic rings. The van der Waals surface area contributed by atoms with Crippen LogP contribution in [0.25, 0.3) is 0 Å². The summed E-state index contributed by atoms with van der Waals surface area (Å²) >= 11 is 2.51. The van der Waals surface area contributed by atoms with Gasteiger partial charge in [-0.25, -0.2) is 0 Å². The van der Waals surface area contributed by atoms with Crippen molar-refractivity contribution in [2.24, 2.45) is 10.9 Å². The zero-order chi connectivity index (χ0) is 20.5. The van der Waals surface area contributed by atoms with E-state index >= 15 is 0 Å². The number of piperazine rings is 1. The molecule has 2 amide bonds. The third kappa shape index (κ3) is 5.73. The Morgan fingerprint density at radius 2 is 1.93 bits per heavy atom. The summed E-state index contributed by atoms with van der Waals surface area (Å²) in [6, 6.07) is 5.46. The minimum absolute atomic E-state index is 0.109. The molecular weight excluding hydrogens is 398 g/mol. The van der Waals surface area contributed by atoms with Gasteiger partial charge in [0.2, 0.25) is 0 Å². The quantitative estimate of drug-likeness (QED) is 0.328. The van der Waals surface area contributed by atoms with E-state index in [1.807, 2.05) is 12.1 Å². The van der Waals surface area contributed by atoms with Crippen LogP contribution in [0.1, 0.15) is 23.7 Å². The Morgan fingerprint density at radius 1 is 1.25 bits per heavy atom. The number of hydrogen-bond acceptors (Lipinski definition) is 8. The fourth-order valence-corrected chi connectivity index (χ4v) is 3.60. The van der Waals surface area contributed by atoms with Crippen LogP contribution in [0, 0.1) is 0 Å². The van der Waals surface area contributed by atoms with Crippen molar-refractivity contribution in [3.63, 3.8) is 0 Å². The predicted octanol–water partition coefficient (Wildman–Crippen LogP) is 1.86. The Hall–Kier alpha value is -2.04. The summed E-state index contributed by atoms with van der Waals surface area (Å²) in [7, 11) is 1.55. The molecule has 2 rings (SSSR count). The van der Waals surface area contributed by atoms with E-state index < -0.39 is 0 Å². The summed E-state index contributed by atoms with van der Waals surface area (Å²) in [6.07, 6.45) is 1.08. The molecule has 0 spiro atoms. The van der Waals surface area contributed by atoms with E-state index in [0.717, 1.165) is 29.8 Å². The Morgan fingerprint density at radius 3 is 2.54 bits per heavy atom. The van der Waals surface area contributed by atoms with E-state index in [4.69, 9.17) is 15.6 Å². The molecule has 0 atom stereocenters. The number of methoxy groups -OCH3 is 1. The molecule has 1 fully saturated rings. The average molecular weight is 426 g/mol. The molecule has 0 bridgehead atoms. The maximum absolute atomic E-state index is 12.9. The van der Waals surface area contributed by atoms with Gasteiger partial charge in [0.25, 0.3) is 11.8 Å². The fraction of sp³-hybridized carbons (Fsp3) is 0.444. The second-order valence-corrected chi connectivity index (χ2v) is 7.57. The molecule has 1 heterocycles. The van der Waals surface area contributed by atoms with Crippen molar-refractivity contribution < 1.29 is 14.3 Å². The minimum atomic E-state index is -0.261. The van der Waals surface area contributed by atoms with Crippen LogP contribution in [-0.2, 0) is 4.79 Å². The Bertz CT molecular complexity index is 721. The summed E-state index contributed by atoms with van der Waals surface area (Å²) in [5.41, 5.74) is 7.21. The first-order valence-electron chi connectivity index (χ1n) is 8.97. The summed E-state index contributed by atoms with van der Waals surface area (Å²) in [5.74, 6) is 1.15. The SMILES string of the molecule is CCCSNc1ccc(C(=O)N2CCN(C(=O)/C(N)=C/SN)CC2)c(OC)c1. The first-order valence-corrected chi connectivity index (χ1v) is 10.9. The maximum atomic E-state index is 12.9. The zero-order valence-corrected chi connectivity index (χ0v) is 17.8. The van der Waals surface area contributed by atoms with Gasteiger partial charge >= 0.3 is 0 Å². The van der Waals surface area contributed by atoms with E-state index in [9.17, 15) is 9.59 Å². The predicted molar refractivity (Wildman–Crippen MR) is 116 cm³/mol. The highest BCUT2D eigenvalue weighted by atomic mass is 32.2. The molecule has 0 unspecified atom stereocenters. The largest absolute Gasteiger partial charge is 0.496 e. The van der Waals surface area contributed by atoms with Gasteiger partial charge in [0.1, 0.15) is 11.4 Å². The molecule has 1 saturated heterocycles. The van der Waals surface area contributed by atoms with Gasteiger partial charge in [-0.15, -0.1) is 0 Å². The third-order valence-corrected chi connectivity index (χ3v) is 5.61. The van der Waals surface area contributed by atoms with Crippen LogP contribution in [-0.4, -0.2) is 60.7 Å². The standard InChI is InChI=1S/C18H27N5O3S2/c1-3-10-28-21-13-4-5-14(16(11-13)26-2)17(24)22-6-8-23(9-7-22)18(25)15(19)12-27-20/h4-5,11-12,21H,3,6-10,19-20H2,1-2H3/b15-12-. The molecule has 0 aromatic heterocycles. The number of carbonyl (C=O) groups excluding carboxylic acids is 2. The van der Waals surface area contributed by atoms with Gasteiger partial charge in [-0.2, -0.15) is 0 Å². The van der Waals surface area contributed by atoms with E-state index in [2.05, 4.69) is 11.6 Å². The molecular formula is C18H27N5O3S2. The Kier molecular flexibility index (Phi) is 8.81. The smallest absolute Gasteiger partial charge is 0.270 e. The van der Waals surface area contributed by atoms with E-state index in [0.29, 0.717) is 37.5 Å². The number of anilines is 1. The number of hydrogen-bond donors (Lipinski definition) is 3. The monoisotopic (exact) mass is 425 g/mol. The lowest BCUT2D eigenvalue weighted by atomic mass is 10.1. The van der Waals surface area contributed by atoms with Gasteiger partial charge in [0.15, 0.2) is 0 Å². The van der Waals surface area contributed by atoms with Gasteiger partial charge in [-0.3, -0.25) is 14.7 Å². The number of benzene rings is 1. The molecule has 5 N–H and O–H groups in total. The maximum Gasteiger partial charge on any atom is 0.270 e. The number of nitrogens with two attached hydrogens (primary N) is 2. The molecule has 1 aliphatic heterocycles. The molecule has 0 aliphatic carbocycles. The first-order chi connectivity index (χ1) is 13.5. The number of carbonyl (C=O) groups is 2. The Labute approximate surface area is 174 Å². The first kappa shape index (κ1) is 22.3. The normalized spacial score (nSPS) is 14.8. The lowest BCUT2D eigenvalue weighted by molar-refractivity contribution is -0.128. The van der Waals surface area contributed by atoms with Crippen LogP contribution >= 0.6 is 23.9 Å². The number of rotatable bonds is 8. The topological polar surface area (TPSA) is 114 Å². The summed E-state index contributed by atoms with van der Waals surface area (Å²) in [6.45, 7) is 3.83. The minimum Gasteiger partial charge on any atom is -0.496 e. The van der Waals surface area contributed by atoms with Crippen LogP contribution in [0.15, 0.2) is 29.3 Å². The summed E-state index contributed by atoms with van der Waals surface area (Å²) < 4.78 is 8.67.